The second-order valence-corrected chi connectivity index (χ2v) is 2.59. The first-order valence-corrected chi connectivity index (χ1v) is 4.28. The molecule has 0 aromatic carbocycles. The molecule has 0 saturated heterocycles. The van der Waals surface area contributed by atoms with Crippen molar-refractivity contribution < 1.29 is 17.9 Å². The molecular weight excluding hydrogens is 194 g/mol. The van der Waals surface area contributed by atoms with Crippen LogP contribution in [0.15, 0.2) is 10.7 Å². The van der Waals surface area contributed by atoms with E-state index in [4.69, 9.17) is 4.42 Å². The van der Waals surface area contributed by atoms with Crippen molar-refractivity contribution in [1.29, 1.82) is 0 Å². The van der Waals surface area contributed by atoms with Crippen molar-refractivity contribution in [3.8, 4) is 6.08 Å². The summed E-state index contributed by atoms with van der Waals surface area (Å²) in [6.07, 6.45) is -1.25. The topological polar surface area (TPSA) is 47.3 Å². The third kappa shape index (κ3) is 3.69. The van der Waals surface area contributed by atoms with Gasteiger partial charge >= 0.3 is 6.08 Å². The number of nitrogens with one attached hydrogen (secondary N) is 1. The Morgan fingerprint density at radius 3 is 3.07 bits per heavy atom. The Morgan fingerprint density at radius 2 is 2.43 bits per heavy atom. The lowest BCUT2D eigenvalue weighted by Crippen LogP contribution is -2.12. The van der Waals surface area contributed by atoms with E-state index < -0.39 is 13.0 Å². The molecule has 0 unspecified atom stereocenters. The van der Waals surface area contributed by atoms with Crippen molar-refractivity contribution in [2.75, 3.05) is 13.2 Å². The number of ether oxygens (including phenoxy) is 1. The fourth-order valence-electron chi connectivity index (χ4n) is 0.823. The summed E-state index contributed by atoms with van der Waals surface area (Å²) >= 11 is 0. The number of hydrogen-bond donors (Lipinski definition) is 1. The lowest BCUT2D eigenvalue weighted by atomic mass is 10.5. The Balaban J connectivity index is 2.35. The van der Waals surface area contributed by atoms with Gasteiger partial charge in [-0.3, -0.25) is 0 Å². The van der Waals surface area contributed by atoms with Crippen molar-refractivity contribution in [2.45, 2.75) is 19.9 Å². The van der Waals surface area contributed by atoms with E-state index in [1.807, 2.05) is 6.92 Å². The second-order valence-electron chi connectivity index (χ2n) is 2.59. The van der Waals surface area contributed by atoms with Gasteiger partial charge in [0.25, 0.3) is 6.43 Å². The maximum Gasteiger partial charge on any atom is 0.393 e. The van der Waals surface area contributed by atoms with Crippen LogP contribution in [-0.4, -0.2) is 24.6 Å². The molecule has 0 spiro atoms. The molecule has 80 valence electrons. The highest BCUT2D eigenvalue weighted by Gasteiger charge is 2.08. The lowest BCUT2D eigenvalue weighted by Gasteiger charge is -1.98. The van der Waals surface area contributed by atoms with Crippen molar-refractivity contribution in [1.82, 2.24) is 10.3 Å². The lowest BCUT2D eigenvalue weighted by molar-refractivity contribution is 0.0658. The maximum absolute atomic E-state index is 11.7. The van der Waals surface area contributed by atoms with Gasteiger partial charge < -0.3 is 14.5 Å². The molecule has 0 aliphatic carbocycles. The van der Waals surface area contributed by atoms with E-state index in [1.165, 1.54) is 6.26 Å². The molecule has 14 heavy (non-hydrogen) atoms. The summed E-state index contributed by atoms with van der Waals surface area (Å²) < 4.78 is 32.8. The normalized spacial score (nSPS) is 10.9. The fourth-order valence-corrected chi connectivity index (χ4v) is 0.823. The number of halogens is 2. The smallest absolute Gasteiger partial charge is 0.393 e. The molecule has 1 N–H and O–H groups in total. The van der Waals surface area contributed by atoms with Crippen LogP contribution in [0.4, 0.5) is 8.78 Å². The molecule has 1 heterocycles. The zero-order valence-corrected chi connectivity index (χ0v) is 7.80. The Labute approximate surface area is 80.3 Å². The summed E-state index contributed by atoms with van der Waals surface area (Å²) in [5.74, 6) is 0. The number of alkyl halides is 2. The van der Waals surface area contributed by atoms with Gasteiger partial charge in [0.1, 0.15) is 6.26 Å². The van der Waals surface area contributed by atoms with Crippen LogP contribution in [-0.2, 0) is 6.54 Å². The number of aromatic nitrogens is 1. The molecular formula is C8H12F2N2O2. The molecule has 4 nitrogen and oxygen atoms in total. The third-order valence-corrected chi connectivity index (χ3v) is 1.42. The van der Waals surface area contributed by atoms with Crippen LogP contribution in [0.1, 0.15) is 12.6 Å². The van der Waals surface area contributed by atoms with Crippen molar-refractivity contribution in [2.24, 2.45) is 0 Å². The average Bonchev–Trinajstić information content (AvgIpc) is 2.59. The van der Waals surface area contributed by atoms with E-state index >= 15 is 0 Å². The molecule has 1 aromatic rings. The van der Waals surface area contributed by atoms with Crippen molar-refractivity contribution in [3.05, 3.63) is 12.0 Å². The van der Waals surface area contributed by atoms with Gasteiger partial charge in [0, 0.05) is 6.54 Å². The Bertz CT molecular complexity index is 266. The van der Waals surface area contributed by atoms with Crippen LogP contribution >= 0.6 is 0 Å². The Morgan fingerprint density at radius 1 is 1.64 bits per heavy atom. The Hall–Kier alpha value is -1.17. The van der Waals surface area contributed by atoms with E-state index in [0.717, 1.165) is 6.54 Å². The van der Waals surface area contributed by atoms with Crippen molar-refractivity contribution >= 4 is 0 Å². The monoisotopic (exact) mass is 206 g/mol. The highest BCUT2D eigenvalue weighted by molar-refractivity contribution is 4.99. The summed E-state index contributed by atoms with van der Waals surface area (Å²) in [7, 11) is 0. The minimum Gasteiger partial charge on any atom is -0.444 e. The number of oxazole rings is 1. The minimum absolute atomic E-state index is 0.113. The SMILES string of the molecule is CCNCc1coc(OCC(F)F)n1. The zero-order valence-electron chi connectivity index (χ0n) is 7.80. The van der Waals surface area contributed by atoms with Gasteiger partial charge in [-0.2, -0.15) is 4.98 Å². The van der Waals surface area contributed by atoms with Crippen LogP contribution in [0.5, 0.6) is 6.08 Å². The average molecular weight is 206 g/mol. The quantitative estimate of drug-likeness (QED) is 0.764. The van der Waals surface area contributed by atoms with Gasteiger partial charge in [-0.15, -0.1) is 0 Å². The Kier molecular flexibility index (Phi) is 4.31. The maximum atomic E-state index is 11.7. The molecule has 1 rings (SSSR count). The predicted molar refractivity (Wildman–Crippen MR) is 45.4 cm³/mol. The van der Waals surface area contributed by atoms with Gasteiger partial charge in [-0.25, -0.2) is 8.78 Å². The molecule has 0 aliphatic heterocycles. The van der Waals surface area contributed by atoms with E-state index in [2.05, 4.69) is 15.0 Å². The standard InChI is InChI=1S/C8H12F2N2O2/c1-2-11-3-6-4-13-8(12-6)14-5-7(9)10/h4,7,11H,2-3,5H2,1H3. The highest BCUT2D eigenvalue weighted by Crippen LogP contribution is 2.10. The largest absolute Gasteiger partial charge is 0.444 e. The molecule has 0 bridgehead atoms. The summed E-state index contributed by atoms with van der Waals surface area (Å²) in [6.45, 7) is 2.60. The highest BCUT2D eigenvalue weighted by atomic mass is 19.3. The molecule has 0 fully saturated rings. The number of rotatable bonds is 6. The first kappa shape index (κ1) is 10.9. The van der Waals surface area contributed by atoms with E-state index in [0.29, 0.717) is 12.2 Å². The molecule has 0 aliphatic rings. The van der Waals surface area contributed by atoms with E-state index in [1.54, 1.807) is 0 Å². The van der Waals surface area contributed by atoms with Crippen LogP contribution in [0.2, 0.25) is 0 Å². The molecule has 0 amide bonds. The van der Waals surface area contributed by atoms with Gasteiger partial charge in [0.15, 0.2) is 6.61 Å². The third-order valence-electron chi connectivity index (χ3n) is 1.42. The molecule has 0 radical (unpaired) electrons. The van der Waals surface area contributed by atoms with Crippen LogP contribution < -0.4 is 10.1 Å². The molecule has 0 atom stereocenters. The summed E-state index contributed by atoms with van der Waals surface area (Å²) in [5.41, 5.74) is 0.635. The van der Waals surface area contributed by atoms with Crippen LogP contribution in [0, 0.1) is 0 Å². The summed E-state index contributed by atoms with van der Waals surface area (Å²) in [6, 6.07) is 0. The van der Waals surface area contributed by atoms with E-state index in [-0.39, 0.29) is 6.08 Å². The second kappa shape index (κ2) is 5.54. The summed E-state index contributed by atoms with van der Waals surface area (Å²) in [5, 5.41) is 3.02. The van der Waals surface area contributed by atoms with Gasteiger partial charge in [0.2, 0.25) is 0 Å². The molecule has 0 saturated carbocycles. The minimum atomic E-state index is -2.51. The number of nitrogens with zero attached hydrogens (tertiary/aromatic N) is 1. The van der Waals surface area contributed by atoms with Gasteiger partial charge in [-0.05, 0) is 6.54 Å². The van der Waals surface area contributed by atoms with Crippen LogP contribution in [0.25, 0.3) is 0 Å². The summed E-state index contributed by atoms with van der Waals surface area (Å²) in [4.78, 5) is 3.84. The zero-order chi connectivity index (χ0) is 10.4. The van der Waals surface area contributed by atoms with Gasteiger partial charge in [0.05, 0.1) is 5.69 Å². The van der Waals surface area contributed by atoms with Crippen LogP contribution in [0.3, 0.4) is 0 Å². The predicted octanol–water partition coefficient (Wildman–Crippen LogP) is 1.43. The molecule has 1 aromatic heterocycles. The van der Waals surface area contributed by atoms with E-state index in [9.17, 15) is 8.78 Å². The van der Waals surface area contributed by atoms with Gasteiger partial charge in [-0.1, -0.05) is 6.92 Å². The molecule has 6 heteroatoms. The first-order chi connectivity index (χ1) is 6.72. The number of hydrogen-bond acceptors (Lipinski definition) is 4. The first-order valence-electron chi connectivity index (χ1n) is 4.28. The van der Waals surface area contributed by atoms with Crippen molar-refractivity contribution in [3.63, 3.8) is 0 Å². The fraction of sp³-hybridized carbons (Fsp3) is 0.625.